The largest absolute Gasteiger partial charge is 0.490 e. The van der Waals surface area contributed by atoms with Gasteiger partial charge in [-0.1, -0.05) is 22.0 Å². The first-order valence-corrected chi connectivity index (χ1v) is 5.63. The van der Waals surface area contributed by atoms with E-state index in [1.54, 1.807) is 0 Å². The van der Waals surface area contributed by atoms with Crippen LogP contribution in [-0.2, 0) is 0 Å². The summed E-state index contributed by atoms with van der Waals surface area (Å²) in [6.07, 6.45) is 1.32. The van der Waals surface area contributed by atoms with Crippen LogP contribution in [0.15, 0.2) is 22.7 Å². The van der Waals surface area contributed by atoms with Gasteiger partial charge in [0, 0.05) is 22.5 Å². The van der Waals surface area contributed by atoms with Crippen LogP contribution in [0.5, 0.6) is 5.75 Å². The molecule has 1 aromatic rings. The first-order chi connectivity index (χ1) is 6.70. The standard InChI is InChI=1S/C11H14BrNO/c1-7-5-10(13-2)9-4-3-8(12)6-11(9)14-7/h3-4,6-7,10,13H,5H2,1-2H3. The highest BCUT2D eigenvalue weighted by Gasteiger charge is 2.24. The topological polar surface area (TPSA) is 21.3 Å². The molecule has 76 valence electrons. The quantitative estimate of drug-likeness (QED) is 0.834. The highest BCUT2D eigenvalue weighted by atomic mass is 79.9. The Morgan fingerprint density at radius 3 is 3.00 bits per heavy atom. The van der Waals surface area contributed by atoms with E-state index < -0.39 is 0 Å². The fourth-order valence-corrected chi connectivity index (χ4v) is 2.24. The van der Waals surface area contributed by atoms with Gasteiger partial charge in [-0.3, -0.25) is 0 Å². The van der Waals surface area contributed by atoms with Crippen LogP contribution in [-0.4, -0.2) is 13.2 Å². The van der Waals surface area contributed by atoms with Crippen molar-refractivity contribution in [1.82, 2.24) is 5.32 Å². The summed E-state index contributed by atoms with van der Waals surface area (Å²) >= 11 is 3.45. The summed E-state index contributed by atoms with van der Waals surface area (Å²) < 4.78 is 6.84. The van der Waals surface area contributed by atoms with Gasteiger partial charge in [-0.25, -0.2) is 0 Å². The Labute approximate surface area is 92.8 Å². The van der Waals surface area contributed by atoms with Gasteiger partial charge >= 0.3 is 0 Å². The summed E-state index contributed by atoms with van der Waals surface area (Å²) in [6, 6.07) is 6.63. The van der Waals surface area contributed by atoms with Crippen molar-refractivity contribution in [3.05, 3.63) is 28.2 Å². The van der Waals surface area contributed by atoms with Gasteiger partial charge in [0.1, 0.15) is 5.75 Å². The SMILES string of the molecule is CNC1CC(C)Oc2cc(Br)ccc21. The highest BCUT2D eigenvalue weighted by Crippen LogP contribution is 2.36. The summed E-state index contributed by atoms with van der Waals surface area (Å²) in [6.45, 7) is 2.11. The Kier molecular flexibility index (Phi) is 2.79. The molecule has 1 aliphatic heterocycles. The van der Waals surface area contributed by atoms with E-state index in [1.165, 1.54) is 5.56 Å². The van der Waals surface area contributed by atoms with E-state index in [2.05, 4.69) is 40.3 Å². The van der Waals surface area contributed by atoms with E-state index in [4.69, 9.17) is 4.74 Å². The van der Waals surface area contributed by atoms with Crippen molar-refractivity contribution in [1.29, 1.82) is 0 Å². The lowest BCUT2D eigenvalue weighted by Crippen LogP contribution is -2.29. The van der Waals surface area contributed by atoms with Gasteiger partial charge in [-0.2, -0.15) is 0 Å². The van der Waals surface area contributed by atoms with E-state index in [0.29, 0.717) is 6.04 Å². The monoisotopic (exact) mass is 255 g/mol. The highest BCUT2D eigenvalue weighted by molar-refractivity contribution is 9.10. The normalized spacial score (nSPS) is 25.4. The van der Waals surface area contributed by atoms with Crippen molar-refractivity contribution < 1.29 is 4.74 Å². The van der Waals surface area contributed by atoms with E-state index in [9.17, 15) is 0 Å². The molecule has 1 aromatic carbocycles. The maximum atomic E-state index is 5.77. The lowest BCUT2D eigenvalue weighted by molar-refractivity contribution is 0.169. The Hall–Kier alpha value is -0.540. The predicted octanol–water partition coefficient (Wildman–Crippen LogP) is 2.88. The minimum Gasteiger partial charge on any atom is -0.490 e. The van der Waals surface area contributed by atoms with Crippen LogP contribution < -0.4 is 10.1 Å². The van der Waals surface area contributed by atoms with Gasteiger partial charge < -0.3 is 10.1 Å². The molecule has 0 bridgehead atoms. The van der Waals surface area contributed by atoms with Gasteiger partial charge in [-0.05, 0) is 26.1 Å². The molecule has 1 heterocycles. The minimum absolute atomic E-state index is 0.286. The van der Waals surface area contributed by atoms with Gasteiger partial charge in [-0.15, -0.1) is 0 Å². The van der Waals surface area contributed by atoms with Crippen LogP contribution in [0.4, 0.5) is 0 Å². The zero-order valence-electron chi connectivity index (χ0n) is 8.38. The van der Waals surface area contributed by atoms with E-state index in [-0.39, 0.29) is 6.10 Å². The molecule has 0 amide bonds. The number of benzene rings is 1. The van der Waals surface area contributed by atoms with Crippen molar-refractivity contribution in [2.75, 3.05) is 7.05 Å². The molecule has 1 N–H and O–H groups in total. The van der Waals surface area contributed by atoms with E-state index in [0.717, 1.165) is 16.6 Å². The number of halogens is 1. The van der Waals surface area contributed by atoms with Crippen molar-refractivity contribution in [2.45, 2.75) is 25.5 Å². The van der Waals surface area contributed by atoms with Crippen molar-refractivity contribution in [3.8, 4) is 5.75 Å². The number of fused-ring (bicyclic) bond motifs is 1. The van der Waals surface area contributed by atoms with Crippen LogP contribution in [0, 0.1) is 0 Å². The number of nitrogens with one attached hydrogen (secondary N) is 1. The number of hydrogen-bond acceptors (Lipinski definition) is 2. The predicted molar refractivity (Wildman–Crippen MR) is 60.6 cm³/mol. The lowest BCUT2D eigenvalue weighted by atomic mass is 9.97. The average molecular weight is 256 g/mol. The summed E-state index contributed by atoms with van der Waals surface area (Å²) in [4.78, 5) is 0. The Morgan fingerprint density at radius 1 is 1.50 bits per heavy atom. The molecular formula is C11H14BrNO. The lowest BCUT2D eigenvalue weighted by Gasteiger charge is -2.30. The Morgan fingerprint density at radius 2 is 2.29 bits per heavy atom. The van der Waals surface area contributed by atoms with Crippen LogP contribution >= 0.6 is 15.9 Å². The van der Waals surface area contributed by atoms with Gasteiger partial charge in [0.05, 0.1) is 6.10 Å². The molecular weight excluding hydrogens is 242 g/mol. The van der Waals surface area contributed by atoms with Crippen LogP contribution in [0.25, 0.3) is 0 Å². The van der Waals surface area contributed by atoms with Crippen molar-refractivity contribution >= 4 is 15.9 Å². The smallest absolute Gasteiger partial charge is 0.125 e. The molecule has 0 aromatic heterocycles. The number of rotatable bonds is 1. The summed E-state index contributed by atoms with van der Waals surface area (Å²) in [5, 5.41) is 3.31. The molecule has 1 aliphatic rings. The third-order valence-corrected chi connectivity index (χ3v) is 3.09. The summed E-state index contributed by atoms with van der Waals surface area (Å²) in [5.41, 5.74) is 1.26. The molecule has 0 saturated carbocycles. The fraction of sp³-hybridized carbons (Fsp3) is 0.455. The first kappa shape index (κ1) is 9.99. The molecule has 0 radical (unpaired) electrons. The Bertz CT molecular complexity index is 340. The van der Waals surface area contributed by atoms with Crippen LogP contribution in [0.3, 0.4) is 0 Å². The third-order valence-electron chi connectivity index (χ3n) is 2.60. The molecule has 0 fully saturated rings. The van der Waals surface area contributed by atoms with Gasteiger partial charge in [0.15, 0.2) is 0 Å². The van der Waals surface area contributed by atoms with E-state index in [1.807, 2.05) is 13.1 Å². The van der Waals surface area contributed by atoms with Gasteiger partial charge in [0.2, 0.25) is 0 Å². The second-order valence-electron chi connectivity index (χ2n) is 3.69. The molecule has 2 atom stereocenters. The molecule has 2 unspecified atom stereocenters. The van der Waals surface area contributed by atoms with Gasteiger partial charge in [0.25, 0.3) is 0 Å². The molecule has 14 heavy (non-hydrogen) atoms. The maximum Gasteiger partial charge on any atom is 0.125 e. The minimum atomic E-state index is 0.286. The van der Waals surface area contributed by atoms with Crippen molar-refractivity contribution in [2.24, 2.45) is 0 Å². The summed E-state index contributed by atoms with van der Waals surface area (Å²) in [5.74, 6) is 0.998. The second-order valence-corrected chi connectivity index (χ2v) is 4.60. The first-order valence-electron chi connectivity index (χ1n) is 4.84. The molecule has 0 saturated heterocycles. The Balaban J connectivity index is 2.40. The number of ether oxygens (including phenoxy) is 1. The molecule has 2 nitrogen and oxygen atoms in total. The van der Waals surface area contributed by atoms with Crippen molar-refractivity contribution in [3.63, 3.8) is 0 Å². The number of hydrogen-bond donors (Lipinski definition) is 1. The second kappa shape index (κ2) is 3.91. The van der Waals surface area contributed by atoms with Crippen LogP contribution in [0.1, 0.15) is 24.9 Å². The molecule has 2 rings (SSSR count). The molecule has 0 aliphatic carbocycles. The maximum absolute atomic E-state index is 5.77. The van der Waals surface area contributed by atoms with Crippen LogP contribution in [0.2, 0.25) is 0 Å². The zero-order chi connectivity index (χ0) is 10.1. The fourth-order valence-electron chi connectivity index (χ4n) is 1.90. The summed E-state index contributed by atoms with van der Waals surface area (Å²) in [7, 11) is 1.99. The molecule has 3 heteroatoms. The molecule has 0 spiro atoms. The van der Waals surface area contributed by atoms with E-state index >= 15 is 0 Å². The zero-order valence-corrected chi connectivity index (χ0v) is 9.97. The third kappa shape index (κ3) is 1.79. The average Bonchev–Trinajstić information content (AvgIpc) is 2.15.